The molecule has 1 fully saturated rings. The summed E-state index contributed by atoms with van der Waals surface area (Å²) in [5.74, 6) is 1.44. The molecule has 1 saturated heterocycles. The van der Waals surface area contributed by atoms with E-state index in [1.165, 1.54) is 0 Å². The molecule has 0 amide bonds. The number of aromatic nitrogens is 2. The number of ether oxygens (including phenoxy) is 1. The molecule has 7 heteroatoms. The van der Waals surface area contributed by atoms with Crippen molar-refractivity contribution in [1.29, 1.82) is 0 Å². The standard InChI is InChI=1S/C13H22BrN5O/c1-3-15-13-17-8-11(14)12(18-13)16-7-10-9-19(4-2)5-6-20-10/h8,10H,3-7,9H2,1-2H3,(H2,15,16,17,18). The highest BCUT2D eigenvalue weighted by Gasteiger charge is 2.19. The number of halogens is 1. The molecule has 0 aliphatic carbocycles. The molecule has 1 aliphatic heterocycles. The van der Waals surface area contributed by atoms with E-state index in [1.54, 1.807) is 6.20 Å². The van der Waals surface area contributed by atoms with Gasteiger partial charge in [0.25, 0.3) is 0 Å². The number of hydrogen-bond acceptors (Lipinski definition) is 6. The van der Waals surface area contributed by atoms with Crippen molar-refractivity contribution < 1.29 is 4.74 Å². The summed E-state index contributed by atoms with van der Waals surface area (Å²) in [6, 6.07) is 0. The Morgan fingerprint density at radius 1 is 1.45 bits per heavy atom. The van der Waals surface area contributed by atoms with E-state index in [4.69, 9.17) is 4.74 Å². The molecule has 2 N–H and O–H groups in total. The van der Waals surface area contributed by atoms with E-state index in [1.807, 2.05) is 6.92 Å². The molecule has 2 rings (SSSR count). The lowest BCUT2D eigenvalue weighted by molar-refractivity contribution is -0.0192. The van der Waals surface area contributed by atoms with Gasteiger partial charge in [0.1, 0.15) is 5.82 Å². The molecule has 1 aromatic rings. The lowest BCUT2D eigenvalue weighted by Crippen LogP contribution is -2.45. The molecule has 2 heterocycles. The van der Waals surface area contributed by atoms with Gasteiger partial charge in [-0.25, -0.2) is 4.98 Å². The van der Waals surface area contributed by atoms with E-state index in [9.17, 15) is 0 Å². The van der Waals surface area contributed by atoms with Gasteiger partial charge in [-0.2, -0.15) is 4.98 Å². The van der Waals surface area contributed by atoms with Gasteiger partial charge in [-0.3, -0.25) is 4.90 Å². The fourth-order valence-electron chi connectivity index (χ4n) is 2.14. The van der Waals surface area contributed by atoms with Gasteiger partial charge in [0.05, 0.1) is 17.2 Å². The predicted octanol–water partition coefficient (Wildman–Crippen LogP) is 1.80. The average Bonchev–Trinajstić information content (AvgIpc) is 2.48. The van der Waals surface area contributed by atoms with E-state index >= 15 is 0 Å². The lowest BCUT2D eigenvalue weighted by atomic mass is 10.2. The number of hydrogen-bond donors (Lipinski definition) is 2. The highest BCUT2D eigenvalue weighted by Crippen LogP contribution is 2.20. The smallest absolute Gasteiger partial charge is 0.224 e. The van der Waals surface area contributed by atoms with E-state index < -0.39 is 0 Å². The fourth-order valence-corrected chi connectivity index (χ4v) is 2.47. The first-order chi connectivity index (χ1) is 9.72. The fraction of sp³-hybridized carbons (Fsp3) is 0.692. The van der Waals surface area contributed by atoms with Gasteiger partial charge in [-0.05, 0) is 29.4 Å². The molecular formula is C13H22BrN5O. The minimum atomic E-state index is 0.202. The van der Waals surface area contributed by atoms with Crippen LogP contribution >= 0.6 is 15.9 Å². The Morgan fingerprint density at radius 3 is 3.05 bits per heavy atom. The average molecular weight is 344 g/mol. The molecule has 20 heavy (non-hydrogen) atoms. The Hall–Kier alpha value is -0.920. The monoisotopic (exact) mass is 343 g/mol. The van der Waals surface area contributed by atoms with Gasteiger partial charge in [-0.1, -0.05) is 6.92 Å². The van der Waals surface area contributed by atoms with Gasteiger partial charge in [0.2, 0.25) is 5.95 Å². The number of rotatable bonds is 6. The van der Waals surface area contributed by atoms with E-state index in [2.05, 4.69) is 48.4 Å². The van der Waals surface area contributed by atoms with Crippen LogP contribution < -0.4 is 10.6 Å². The summed E-state index contributed by atoms with van der Waals surface area (Å²) in [6.07, 6.45) is 1.96. The molecule has 0 radical (unpaired) electrons. The second-order valence-electron chi connectivity index (χ2n) is 4.69. The molecule has 6 nitrogen and oxygen atoms in total. The topological polar surface area (TPSA) is 62.3 Å². The zero-order valence-corrected chi connectivity index (χ0v) is 13.6. The van der Waals surface area contributed by atoms with Gasteiger partial charge < -0.3 is 15.4 Å². The normalized spacial score (nSPS) is 19.9. The van der Waals surface area contributed by atoms with Crippen LogP contribution in [0.4, 0.5) is 11.8 Å². The third-order valence-electron chi connectivity index (χ3n) is 3.25. The van der Waals surface area contributed by atoms with Gasteiger partial charge in [0.15, 0.2) is 0 Å². The van der Waals surface area contributed by atoms with Crippen LogP contribution in [0, 0.1) is 0 Å². The quantitative estimate of drug-likeness (QED) is 0.821. The van der Waals surface area contributed by atoms with Crippen molar-refractivity contribution in [2.75, 3.05) is 50.0 Å². The van der Waals surface area contributed by atoms with Crippen LogP contribution in [-0.4, -0.2) is 60.3 Å². The lowest BCUT2D eigenvalue weighted by Gasteiger charge is -2.32. The Bertz CT molecular complexity index is 431. The van der Waals surface area contributed by atoms with Crippen molar-refractivity contribution >= 4 is 27.7 Å². The van der Waals surface area contributed by atoms with Crippen molar-refractivity contribution in [2.24, 2.45) is 0 Å². The molecule has 0 aromatic carbocycles. The molecular weight excluding hydrogens is 322 g/mol. The van der Waals surface area contributed by atoms with Gasteiger partial charge in [-0.15, -0.1) is 0 Å². The van der Waals surface area contributed by atoms with Crippen molar-refractivity contribution in [3.05, 3.63) is 10.7 Å². The van der Waals surface area contributed by atoms with Crippen molar-refractivity contribution in [3.8, 4) is 0 Å². The number of likely N-dealkylation sites (N-methyl/N-ethyl adjacent to an activating group) is 1. The minimum absolute atomic E-state index is 0.202. The highest BCUT2D eigenvalue weighted by atomic mass is 79.9. The number of nitrogens with one attached hydrogen (secondary N) is 2. The molecule has 112 valence electrons. The summed E-state index contributed by atoms with van der Waals surface area (Å²) in [4.78, 5) is 11.0. The summed E-state index contributed by atoms with van der Waals surface area (Å²) in [6.45, 7) is 9.61. The predicted molar refractivity (Wildman–Crippen MR) is 84.2 cm³/mol. The van der Waals surface area contributed by atoms with Crippen molar-refractivity contribution in [1.82, 2.24) is 14.9 Å². The maximum absolute atomic E-state index is 5.77. The maximum Gasteiger partial charge on any atom is 0.224 e. The van der Waals surface area contributed by atoms with E-state index in [0.717, 1.165) is 49.6 Å². The zero-order chi connectivity index (χ0) is 14.4. The molecule has 1 aliphatic rings. The zero-order valence-electron chi connectivity index (χ0n) is 12.0. The molecule has 1 atom stereocenters. The molecule has 0 saturated carbocycles. The molecule has 0 bridgehead atoms. The summed E-state index contributed by atoms with van der Waals surface area (Å²) >= 11 is 3.47. The van der Waals surface area contributed by atoms with Gasteiger partial charge in [0, 0.05) is 32.4 Å². The molecule has 1 unspecified atom stereocenters. The van der Waals surface area contributed by atoms with Crippen LogP contribution in [-0.2, 0) is 4.74 Å². The van der Waals surface area contributed by atoms with Crippen LogP contribution in [0.5, 0.6) is 0 Å². The minimum Gasteiger partial charge on any atom is -0.374 e. The molecule has 0 spiro atoms. The summed E-state index contributed by atoms with van der Waals surface area (Å²) < 4.78 is 6.63. The second kappa shape index (κ2) is 7.75. The second-order valence-corrected chi connectivity index (χ2v) is 5.54. The Morgan fingerprint density at radius 2 is 2.30 bits per heavy atom. The van der Waals surface area contributed by atoms with Crippen LogP contribution in [0.25, 0.3) is 0 Å². The summed E-state index contributed by atoms with van der Waals surface area (Å²) in [5, 5.41) is 6.44. The summed E-state index contributed by atoms with van der Waals surface area (Å²) in [7, 11) is 0. The van der Waals surface area contributed by atoms with Gasteiger partial charge >= 0.3 is 0 Å². The Kier molecular flexibility index (Phi) is 6.00. The van der Waals surface area contributed by atoms with Crippen molar-refractivity contribution in [2.45, 2.75) is 20.0 Å². The largest absolute Gasteiger partial charge is 0.374 e. The van der Waals surface area contributed by atoms with E-state index in [-0.39, 0.29) is 6.10 Å². The van der Waals surface area contributed by atoms with Crippen LogP contribution in [0.3, 0.4) is 0 Å². The maximum atomic E-state index is 5.77. The first-order valence-electron chi connectivity index (χ1n) is 7.07. The number of morpholine rings is 1. The number of anilines is 2. The van der Waals surface area contributed by atoms with Crippen LogP contribution in [0.15, 0.2) is 10.7 Å². The SMILES string of the molecule is CCNc1ncc(Br)c(NCC2CN(CC)CCO2)n1. The summed E-state index contributed by atoms with van der Waals surface area (Å²) in [5.41, 5.74) is 0. The third-order valence-corrected chi connectivity index (χ3v) is 3.83. The van der Waals surface area contributed by atoms with E-state index in [0.29, 0.717) is 5.95 Å². The highest BCUT2D eigenvalue weighted by molar-refractivity contribution is 9.10. The van der Waals surface area contributed by atoms with Crippen molar-refractivity contribution in [3.63, 3.8) is 0 Å². The first-order valence-corrected chi connectivity index (χ1v) is 7.86. The Labute approximate surface area is 128 Å². The molecule has 1 aromatic heterocycles. The Balaban J connectivity index is 1.91. The first kappa shape index (κ1) is 15.5. The van der Waals surface area contributed by atoms with Crippen LogP contribution in [0.1, 0.15) is 13.8 Å². The number of nitrogens with zero attached hydrogens (tertiary/aromatic N) is 3. The third kappa shape index (κ3) is 4.29. The van der Waals surface area contributed by atoms with Crippen LogP contribution in [0.2, 0.25) is 0 Å².